The van der Waals surface area contributed by atoms with Gasteiger partial charge >= 0.3 is 6.09 Å². The van der Waals surface area contributed by atoms with Crippen molar-refractivity contribution in [3.8, 4) is 0 Å². The zero-order valence-corrected chi connectivity index (χ0v) is 11.9. The SMILES string of the molecule is CC(C)(C)OC(=O)N1CCC(N)(CC2CC2)CC1. The molecule has 1 saturated carbocycles. The van der Waals surface area contributed by atoms with E-state index in [1.165, 1.54) is 12.8 Å². The number of carbonyl (C=O) groups is 1. The molecule has 104 valence electrons. The Morgan fingerprint density at radius 1 is 1.33 bits per heavy atom. The van der Waals surface area contributed by atoms with Gasteiger partial charge < -0.3 is 15.4 Å². The Morgan fingerprint density at radius 2 is 1.89 bits per heavy atom. The van der Waals surface area contributed by atoms with Gasteiger partial charge in [0.1, 0.15) is 5.60 Å². The normalized spacial score (nSPS) is 23.9. The van der Waals surface area contributed by atoms with Crippen molar-refractivity contribution in [1.29, 1.82) is 0 Å². The summed E-state index contributed by atoms with van der Waals surface area (Å²) < 4.78 is 5.38. The van der Waals surface area contributed by atoms with Crippen LogP contribution in [-0.2, 0) is 4.74 Å². The van der Waals surface area contributed by atoms with Crippen molar-refractivity contribution in [1.82, 2.24) is 4.90 Å². The summed E-state index contributed by atoms with van der Waals surface area (Å²) in [6, 6.07) is 0. The summed E-state index contributed by atoms with van der Waals surface area (Å²) in [5, 5.41) is 0. The van der Waals surface area contributed by atoms with Gasteiger partial charge in [-0.25, -0.2) is 4.79 Å². The van der Waals surface area contributed by atoms with Crippen LogP contribution in [0.5, 0.6) is 0 Å². The molecule has 4 nitrogen and oxygen atoms in total. The van der Waals surface area contributed by atoms with Crippen LogP contribution in [0, 0.1) is 5.92 Å². The smallest absolute Gasteiger partial charge is 0.410 e. The highest BCUT2D eigenvalue weighted by Crippen LogP contribution is 2.39. The Hall–Kier alpha value is -0.770. The third kappa shape index (κ3) is 3.87. The van der Waals surface area contributed by atoms with Crippen molar-refractivity contribution in [2.45, 2.75) is 64.0 Å². The number of ether oxygens (including phenoxy) is 1. The van der Waals surface area contributed by atoms with Gasteiger partial charge in [0.25, 0.3) is 0 Å². The number of likely N-dealkylation sites (tertiary alicyclic amines) is 1. The molecule has 1 saturated heterocycles. The van der Waals surface area contributed by atoms with Gasteiger partial charge in [0.05, 0.1) is 0 Å². The first-order valence-corrected chi connectivity index (χ1v) is 7.04. The molecule has 1 aliphatic carbocycles. The Kier molecular flexibility index (Phi) is 3.58. The summed E-state index contributed by atoms with van der Waals surface area (Å²) in [5.74, 6) is 0.850. The largest absolute Gasteiger partial charge is 0.444 e. The highest BCUT2D eigenvalue weighted by Gasteiger charge is 2.38. The molecular formula is C14H26N2O2. The number of rotatable bonds is 2. The highest BCUT2D eigenvalue weighted by atomic mass is 16.6. The lowest BCUT2D eigenvalue weighted by Gasteiger charge is -2.39. The van der Waals surface area contributed by atoms with Crippen molar-refractivity contribution in [3.05, 3.63) is 0 Å². The van der Waals surface area contributed by atoms with Crippen LogP contribution in [-0.4, -0.2) is 35.2 Å². The van der Waals surface area contributed by atoms with Gasteiger partial charge in [-0.3, -0.25) is 0 Å². The number of hydrogen-bond donors (Lipinski definition) is 1. The monoisotopic (exact) mass is 254 g/mol. The van der Waals surface area contributed by atoms with E-state index in [9.17, 15) is 4.79 Å². The molecule has 0 aromatic rings. The average Bonchev–Trinajstić information content (AvgIpc) is 2.99. The zero-order chi connectivity index (χ0) is 13.4. The quantitative estimate of drug-likeness (QED) is 0.823. The van der Waals surface area contributed by atoms with E-state index in [2.05, 4.69) is 0 Å². The maximum Gasteiger partial charge on any atom is 0.410 e. The molecule has 2 N–H and O–H groups in total. The van der Waals surface area contributed by atoms with Gasteiger partial charge in [-0.15, -0.1) is 0 Å². The summed E-state index contributed by atoms with van der Waals surface area (Å²) in [4.78, 5) is 13.7. The van der Waals surface area contributed by atoms with Crippen molar-refractivity contribution >= 4 is 6.09 Å². The van der Waals surface area contributed by atoms with Crippen LogP contribution < -0.4 is 5.73 Å². The van der Waals surface area contributed by atoms with Crippen LogP contribution in [0.25, 0.3) is 0 Å². The highest BCUT2D eigenvalue weighted by molar-refractivity contribution is 5.68. The minimum atomic E-state index is -0.414. The summed E-state index contributed by atoms with van der Waals surface area (Å²) in [6.07, 6.45) is 5.43. The van der Waals surface area contributed by atoms with Crippen LogP contribution in [0.2, 0.25) is 0 Å². The second-order valence-corrected chi connectivity index (χ2v) is 6.98. The molecular weight excluding hydrogens is 228 g/mol. The molecule has 0 aromatic carbocycles. The van der Waals surface area contributed by atoms with E-state index in [0.29, 0.717) is 0 Å². The van der Waals surface area contributed by atoms with E-state index < -0.39 is 5.60 Å². The van der Waals surface area contributed by atoms with E-state index in [4.69, 9.17) is 10.5 Å². The molecule has 18 heavy (non-hydrogen) atoms. The summed E-state index contributed by atoms with van der Waals surface area (Å²) in [5.41, 5.74) is 5.95. The molecule has 2 rings (SSSR count). The standard InChI is InChI=1S/C14H26N2O2/c1-13(2,3)18-12(17)16-8-6-14(15,7-9-16)10-11-4-5-11/h11H,4-10,15H2,1-3H3. The minimum absolute atomic E-state index is 0.0420. The topological polar surface area (TPSA) is 55.6 Å². The molecule has 1 aliphatic heterocycles. The fourth-order valence-electron chi connectivity index (χ4n) is 2.56. The molecule has 1 heterocycles. The van der Waals surface area contributed by atoms with E-state index in [1.54, 1.807) is 4.90 Å². The molecule has 1 amide bonds. The van der Waals surface area contributed by atoms with Gasteiger partial charge in [0.2, 0.25) is 0 Å². The Balaban J connectivity index is 1.80. The summed E-state index contributed by atoms with van der Waals surface area (Å²) >= 11 is 0. The number of piperidine rings is 1. The third-order valence-electron chi connectivity index (χ3n) is 3.80. The number of nitrogens with two attached hydrogens (primary N) is 1. The molecule has 2 fully saturated rings. The van der Waals surface area contributed by atoms with Crippen molar-refractivity contribution < 1.29 is 9.53 Å². The zero-order valence-electron chi connectivity index (χ0n) is 11.9. The number of hydrogen-bond acceptors (Lipinski definition) is 3. The maximum absolute atomic E-state index is 11.9. The molecule has 0 spiro atoms. The molecule has 0 aromatic heterocycles. The fraction of sp³-hybridized carbons (Fsp3) is 0.929. The van der Waals surface area contributed by atoms with Crippen molar-refractivity contribution in [2.75, 3.05) is 13.1 Å². The van der Waals surface area contributed by atoms with Crippen LogP contribution in [0.15, 0.2) is 0 Å². The second-order valence-electron chi connectivity index (χ2n) is 6.98. The van der Waals surface area contributed by atoms with E-state index in [0.717, 1.165) is 38.3 Å². The molecule has 0 radical (unpaired) electrons. The van der Waals surface area contributed by atoms with Gasteiger partial charge in [0.15, 0.2) is 0 Å². The molecule has 4 heteroatoms. The number of amides is 1. The molecule has 0 bridgehead atoms. The Morgan fingerprint density at radius 3 is 2.33 bits per heavy atom. The fourth-order valence-corrected chi connectivity index (χ4v) is 2.56. The van der Waals surface area contributed by atoms with Gasteiger partial charge in [0, 0.05) is 18.6 Å². The van der Waals surface area contributed by atoms with E-state index >= 15 is 0 Å². The Bertz CT molecular complexity index is 310. The summed E-state index contributed by atoms with van der Waals surface area (Å²) in [7, 11) is 0. The second kappa shape index (κ2) is 4.72. The lowest BCUT2D eigenvalue weighted by atomic mass is 9.84. The lowest BCUT2D eigenvalue weighted by molar-refractivity contribution is 0.0162. The number of carbonyl (C=O) groups excluding carboxylic acids is 1. The van der Waals surface area contributed by atoms with Crippen molar-refractivity contribution in [2.24, 2.45) is 11.7 Å². The first-order chi connectivity index (χ1) is 8.27. The Labute approximate surface area is 110 Å². The predicted molar refractivity (Wildman–Crippen MR) is 71.3 cm³/mol. The van der Waals surface area contributed by atoms with Crippen LogP contribution >= 0.6 is 0 Å². The van der Waals surface area contributed by atoms with Gasteiger partial charge in [-0.1, -0.05) is 12.8 Å². The average molecular weight is 254 g/mol. The van der Waals surface area contributed by atoms with Crippen LogP contribution in [0.4, 0.5) is 4.79 Å². The number of nitrogens with zero attached hydrogens (tertiary/aromatic N) is 1. The lowest BCUT2D eigenvalue weighted by Crippen LogP contribution is -2.52. The van der Waals surface area contributed by atoms with Crippen LogP contribution in [0.1, 0.15) is 52.9 Å². The molecule has 0 unspecified atom stereocenters. The van der Waals surface area contributed by atoms with Gasteiger partial charge in [-0.05, 0) is 46.0 Å². The van der Waals surface area contributed by atoms with E-state index in [-0.39, 0.29) is 11.6 Å². The first kappa shape index (κ1) is 13.7. The van der Waals surface area contributed by atoms with Gasteiger partial charge in [-0.2, -0.15) is 0 Å². The first-order valence-electron chi connectivity index (χ1n) is 7.04. The van der Waals surface area contributed by atoms with E-state index in [1.807, 2.05) is 20.8 Å². The molecule has 0 atom stereocenters. The van der Waals surface area contributed by atoms with Crippen LogP contribution in [0.3, 0.4) is 0 Å². The predicted octanol–water partition coefficient (Wildman–Crippen LogP) is 2.51. The minimum Gasteiger partial charge on any atom is -0.444 e. The maximum atomic E-state index is 11.9. The third-order valence-corrected chi connectivity index (χ3v) is 3.80. The summed E-state index contributed by atoms with van der Waals surface area (Å²) in [6.45, 7) is 7.16. The van der Waals surface area contributed by atoms with Crippen molar-refractivity contribution in [3.63, 3.8) is 0 Å². The molecule has 2 aliphatic rings.